The van der Waals surface area contributed by atoms with Gasteiger partial charge in [0.15, 0.2) is 17.5 Å². The zero-order valence-electron chi connectivity index (χ0n) is 14.0. The summed E-state index contributed by atoms with van der Waals surface area (Å²) in [6.07, 6.45) is 2.35. The van der Waals surface area contributed by atoms with Gasteiger partial charge in [0.2, 0.25) is 0 Å². The second-order valence-corrected chi connectivity index (χ2v) is 7.46. The third-order valence-corrected chi connectivity index (χ3v) is 4.51. The van der Waals surface area contributed by atoms with E-state index in [2.05, 4.69) is 20.4 Å². The van der Waals surface area contributed by atoms with Gasteiger partial charge in [-0.1, -0.05) is 23.2 Å². The number of rotatable bonds is 5. The van der Waals surface area contributed by atoms with Gasteiger partial charge in [-0.3, -0.25) is 4.79 Å². The van der Waals surface area contributed by atoms with E-state index >= 15 is 0 Å². The number of aromatic nitrogens is 4. The van der Waals surface area contributed by atoms with Crippen molar-refractivity contribution in [2.24, 2.45) is 0 Å². The van der Waals surface area contributed by atoms with Crippen LogP contribution in [-0.4, -0.2) is 31.2 Å². The molecule has 6 nitrogen and oxygen atoms in total. The Kier molecular flexibility index (Phi) is 6.30. The van der Waals surface area contributed by atoms with Crippen LogP contribution in [0.2, 0.25) is 10.0 Å². The number of alkyl halides is 3. The molecular formula is C16H9Cl2F4N5OS. The van der Waals surface area contributed by atoms with Gasteiger partial charge in [-0.15, -0.1) is 0 Å². The fraction of sp³-hybridized carbons (Fsp3) is 0.125. The van der Waals surface area contributed by atoms with Crippen molar-refractivity contribution in [1.82, 2.24) is 25.1 Å². The molecule has 3 aromatic rings. The number of halogens is 6. The minimum atomic E-state index is -4.52. The van der Waals surface area contributed by atoms with Crippen molar-refractivity contribution in [2.75, 3.05) is 0 Å². The highest BCUT2D eigenvalue weighted by Gasteiger charge is 2.29. The quantitative estimate of drug-likeness (QED) is 0.438. The Morgan fingerprint density at radius 3 is 2.59 bits per heavy atom. The summed E-state index contributed by atoms with van der Waals surface area (Å²) in [5, 5.41) is 6.39. The lowest BCUT2D eigenvalue weighted by atomic mass is 10.2. The van der Waals surface area contributed by atoms with Crippen LogP contribution in [0, 0.1) is 5.82 Å². The lowest BCUT2D eigenvalue weighted by molar-refractivity contribution is -0.0328. The third kappa shape index (κ3) is 5.58. The van der Waals surface area contributed by atoms with E-state index in [0.29, 0.717) is 0 Å². The Morgan fingerprint density at radius 2 is 1.90 bits per heavy atom. The van der Waals surface area contributed by atoms with Crippen molar-refractivity contribution < 1.29 is 22.4 Å². The molecule has 3 rings (SSSR count). The summed E-state index contributed by atoms with van der Waals surface area (Å²) >= 11 is 11.1. The number of hydrogen-bond acceptors (Lipinski definition) is 5. The van der Waals surface area contributed by atoms with Crippen LogP contribution >= 0.6 is 35.0 Å². The van der Waals surface area contributed by atoms with Gasteiger partial charge in [0.05, 0.1) is 11.6 Å². The number of hydrogen-bond donors (Lipinski definition) is 1. The molecular weight excluding hydrogens is 457 g/mol. The fourth-order valence-corrected chi connectivity index (χ4v) is 3.36. The molecule has 2 aromatic heterocycles. The Morgan fingerprint density at radius 1 is 1.14 bits per heavy atom. The zero-order chi connectivity index (χ0) is 21.2. The number of benzene rings is 1. The molecule has 0 unspecified atom stereocenters. The van der Waals surface area contributed by atoms with Crippen LogP contribution in [-0.2, 0) is 6.54 Å². The van der Waals surface area contributed by atoms with E-state index in [1.807, 2.05) is 0 Å². The van der Waals surface area contributed by atoms with Crippen molar-refractivity contribution in [3.8, 4) is 5.82 Å². The average molecular weight is 466 g/mol. The van der Waals surface area contributed by atoms with Crippen molar-refractivity contribution >= 4 is 40.9 Å². The van der Waals surface area contributed by atoms with Gasteiger partial charge in [-0.05, 0) is 36.0 Å². The van der Waals surface area contributed by atoms with Gasteiger partial charge in [0.1, 0.15) is 6.33 Å². The van der Waals surface area contributed by atoms with Crippen molar-refractivity contribution in [3.05, 3.63) is 64.0 Å². The summed E-state index contributed by atoms with van der Waals surface area (Å²) in [7, 11) is 0. The number of nitrogens with zero attached hydrogens (tertiary/aromatic N) is 4. The molecule has 0 saturated carbocycles. The van der Waals surface area contributed by atoms with Crippen LogP contribution in [0.25, 0.3) is 5.82 Å². The maximum absolute atomic E-state index is 14.0. The number of nitrogens with one attached hydrogen (secondary N) is 1. The molecule has 1 N–H and O–H groups in total. The van der Waals surface area contributed by atoms with Crippen molar-refractivity contribution in [2.45, 2.75) is 16.9 Å². The topological polar surface area (TPSA) is 72.7 Å². The first-order valence-electron chi connectivity index (χ1n) is 7.67. The van der Waals surface area contributed by atoms with E-state index in [-0.39, 0.29) is 50.5 Å². The summed E-state index contributed by atoms with van der Waals surface area (Å²) < 4.78 is 52.8. The summed E-state index contributed by atoms with van der Waals surface area (Å²) in [5.74, 6) is -1.49. The lowest BCUT2D eigenvalue weighted by Gasteiger charge is -2.10. The molecule has 0 atom stereocenters. The summed E-state index contributed by atoms with van der Waals surface area (Å²) in [6, 6.07) is 4.43. The molecule has 2 heterocycles. The largest absolute Gasteiger partial charge is 0.446 e. The molecule has 0 aliphatic heterocycles. The Bertz CT molecular complexity index is 1060. The van der Waals surface area contributed by atoms with Gasteiger partial charge in [-0.25, -0.2) is 14.4 Å². The average Bonchev–Trinajstić information content (AvgIpc) is 3.06. The number of carbonyl (C=O) groups is 1. The van der Waals surface area contributed by atoms with E-state index in [4.69, 9.17) is 23.2 Å². The van der Waals surface area contributed by atoms with Crippen LogP contribution in [0.15, 0.2) is 41.7 Å². The fourth-order valence-electron chi connectivity index (χ4n) is 2.27. The standard InChI is InChI=1S/C16H9Cl2F4N5OS/c17-9-1-8(2-11(3-9)29-16(20,21)22)15(28)24-6-13-25-7-26-27(13)14-12(19)4-10(18)5-23-14/h1-5,7H,6H2,(H,24,28). The molecule has 0 spiro atoms. The van der Waals surface area contributed by atoms with E-state index < -0.39 is 17.2 Å². The monoisotopic (exact) mass is 465 g/mol. The molecule has 13 heteroatoms. The molecule has 0 fully saturated rings. The predicted octanol–water partition coefficient (Wildman–Crippen LogP) is 4.65. The number of amides is 1. The van der Waals surface area contributed by atoms with E-state index in [9.17, 15) is 22.4 Å². The van der Waals surface area contributed by atoms with Crippen LogP contribution < -0.4 is 5.32 Å². The first kappa shape index (κ1) is 21.3. The normalized spacial score (nSPS) is 11.5. The molecule has 0 saturated heterocycles. The highest BCUT2D eigenvalue weighted by atomic mass is 35.5. The Hall–Kier alpha value is -2.37. The summed E-state index contributed by atoms with van der Waals surface area (Å²) in [4.78, 5) is 19.9. The number of pyridine rings is 1. The third-order valence-electron chi connectivity index (χ3n) is 3.38. The molecule has 0 bridgehead atoms. The van der Waals surface area contributed by atoms with Crippen LogP contribution in [0.1, 0.15) is 16.2 Å². The lowest BCUT2D eigenvalue weighted by Crippen LogP contribution is -2.25. The second-order valence-electron chi connectivity index (χ2n) is 5.45. The highest BCUT2D eigenvalue weighted by molar-refractivity contribution is 8.00. The smallest absolute Gasteiger partial charge is 0.345 e. The Balaban J connectivity index is 1.76. The molecule has 152 valence electrons. The van der Waals surface area contributed by atoms with Gasteiger partial charge >= 0.3 is 5.51 Å². The van der Waals surface area contributed by atoms with Crippen molar-refractivity contribution in [3.63, 3.8) is 0 Å². The molecule has 1 amide bonds. The Labute approximate surface area is 175 Å². The molecule has 0 aliphatic rings. The van der Waals surface area contributed by atoms with E-state index in [1.165, 1.54) is 12.3 Å². The van der Waals surface area contributed by atoms with Gasteiger partial charge in [-0.2, -0.15) is 23.0 Å². The predicted molar refractivity (Wildman–Crippen MR) is 98.7 cm³/mol. The molecule has 29 heavy (non-hydrogen) atoms. The first-order valence-corrected chi connectivity index (χ1v) is 9.24. The number of carbonyl (C=O) groups excluding carboxylic acids is 1. The SMILES string of the molecule is O=C(NCc1ncnn1-c1ncc(Cl)cc1F)c1cc(Cl)cc(SC(F)(F)F)c1. The minimum Gasteiger partial charge on any atom is -0.345 e. The van der Waals surface area contributed by atoms with Crippen LogP contribution in [0.4, 0.5) is 17.6 Å². The maximum atomic E-state index is 14.0. The highest BCUT2D eigenvalue weighted by Crippen LogP contribution is 2.38. The van der Waals surface area contributed by atoms with Crippen LogP contribution in [0.5, 0.6) is 0 Å². The second kappa shape index (κ2) is 8.56. The minimum absolute atomic E-state index is 0.0278. The van der Waals surface area contributed by atoms with Gasteiger partial charge in [0, 0.05) is 21.7 Å². The van der Waals surface area contributed by atoms with Gasteiger partial charge in [0.25, 0.3) is 5.91 Å². The molecule has 0 radical (unpaired) electrons. The summed E-state index contributed by atoms with van der Waals surface area (Å²) in [6.45, 7) is -0.198. The van der Waals surface area contributed by atoms with E-state index in [1.54, 1.807) is 0 Å². The summed E-state index contributed by atoms with van der Waals surface area (Å²) in [5.41, 5.74) is -4.60. The first-order chi connectivity index (χ1) is 13.6. The van der Waals surface area contributed by atoms with Crippen molar-refractivity contribution in [1.29, 1.82) is 0 Å². The van der Waals surface area contributed by atoms with Gasteiger partial charge < -0.3 is 5.32 Å². The maximum Gasteiger partial charge on any atom is 0.446 e. The zero-order valence-corrected chi connectivity index (χ0v) is 16.4. The van der Waals surface area contributed by atoms with Crippen LogP contribution in [0.3, 0.4) is 0 Å². The molecule has 1 aromatic carbocycles. The number of thioether (sulfide) groups is 1. The van der Waals surface area contributed by atoms with E-state index in [0.717, 1.165) is 29.2 Å². The molecule has 0 aliphatic carbocycles.